The van der Waals surface area contributed by atoms with Crippen molar-refractivity contribution in [2.24, 2.45) is 0 Å². The van der Waals surface area contributed by atoms with E-state index in [9.17, 15) is 60.7 Å². The van der Waals surface area contributed by atoms with E-state index in [1.807, 2.05) is 0 Å². The Labute approximate surface area is 179 Å². The maximum Gasteiger partial charge on any atom is 0.212 e. The highest BCUT2D eigenvalue weighted by molar-refractivity contribution is 4.51. The summed E-state index contributed by atoms with van der Waals surface area (Å²) in [7, 11) is 0. The second-order valence-electron chi connectivity index (χ2n) is 3.90. The highest BCUT2D eigenvalue weighted by Gasteiger charge is 2.40. The third-order valence-corrected chi connectivity index (χ3v) is 2.12. The zero-order chi connectivity index (χ0) is 33.9. The molecule has 24 nitrogen and oxygen atoms in total. The van der Waals surface area contributed by atoms with Crippen molar-refractivity contribution in [2.75, 3.05) is 39.7 Å². The Bertz CT molecular complexity index is 934. The summed E-state index contributed by atoms with van der Waals surface area (Å²) in [6, 6.07) is 0. The van der Waals surface area contributed by atoms with Gasteiger partial charge in [-0.1, -0.05) is 30.1 Å². The second-order valence-corrected chi connectivity index (χ2v) is 3.90. The highest BCUT2D eigenvalue weighted by atomic mass is 16.7. The van der Waals surface area contributed by atoms with Gasteiger partial charge in [0.1, 0.15) is 0 Å². The molecule has 2 rings (SSSR count). The van der Waals surface area contributed by atoms with E-state index in [-0.39, 0.29) is 0 Å². The van der Waals surface area contributed by atoms with Gasteiger partial charge in [0, 0.05) is 0 Å². The molecule has 2 saturated heterocycles. The van der Waals surface area contributed by atoms with E-state index < -0.39 is 100.0 Å². The molecule has 0 spiro atoms. The molecule has 2 aliphatic rings. The quantitative estimate of drug-likeness (QED) is 0.279. The van der Waals surface area contributed by atoms with Crippen molar-refractivity contribution in [3.63, 3.8) is 0 Å². The van der Waals surface area contributed by atoms with Gasteiger partial charge in [-0.15, -0.1) is 0 Å². The Morgan fingerprint density at radius 2 is 0.500 bits per heavy atom. The Kier molecular flexibility index (Phi) is 3.35. The number of nitrogens with zero attached hydrogens (tertiary/aromatic N) is 12. The van der Waals surface area contributed by atoms with E-state index in [1.54, 1.807) is 0 Å². The van der Waals surface area contributed by atoms with Crippen LogP contribution >= 0.6 is 0 Å². The van der Waals surface area contributed by atoms with Crippen LogP contribution in [0.1, 0.15) is 16.4 Å². The molecule has 0 amide bonds. The van der Waals surface area contributed by atoms with Crippen LogP contribution in [0, 0.1) is 60.7 Å². The molecule has 0 atom stereocenters. The second kappa shape index (κ2) is 9.41. The molecule has 0 aromatic carbocycles. The predicted molar refractivity (Wildman–Crippen MR) is 82.2 cm³/mol. The van der Waals surface area contributed by atoms with Crippen LogP contribution < -0.4 is 0 Å². The molecule has 0 aromatic heterocycles. The van der Waals surface area contributed by atoms with Crippen LogP contribution in [0.25, 0.3) is 0 Å². The molecule has 2 heterocycles. The minimum absolute atomic E-state index is 1.06. The lowest BCUT2D eigenvalue weighted by Gasteiger charge is -2.27. The summed E-state index contributed by atoms with van der Waals surface area (Å²) < 4.78 is 87.0. The van der Waals surface area contributed by atoms with E-state index in [2.05, 4.69) is 0 Å². The van der Waals surface area contributed by atoms with E-state index in [0.29, 0.717) is 0 Å². The van der Waals surface area contributed by atoms with E-state index in [4.69, 9.17) is 16.4 Å². The monoisotopic (exact) mass is 456 g/mol. The van der Waals surface area contributed by atoms with Crippen molar-refractivity contribution in [1.29, 1.82) is 0 Å². The minimum atomic E-state index is -3.94. The van der Waals surface area contributed by atoms with Crippen LogP contribution in [0.4, 0.5) is 0 Å². The van der Waals surface area contributed by atoms with E-state index >= 15 is 0 Å². The summed E-state index contributed by atoms with van der Waals surface area (Å²) in [6.07, 6.45) is 0. The molecule has 30 heavy (non-hydrogen) atoms. The lowest BCUT2D eigenvalue weighted by atomic mass is 10.7. The fourth-order valence-corrected chi connectivity index (χ4v) is 1.11. The van der Waals surface area contributed by atoms with Crippen LogP contribution in [-0.4, -0.2) is 100.0 Å². The largest absolute Gasteiger partial charge is 0.235 e. The Hall–Kier alpha value is -4.80. The molecular formula is C6H12N12O12. The van der Waals surface area contributed by atoms with Crippen molar-refractivity contribution in [3.8, 4) is 0 Å². The molecule has 0 radical (unpaired) electrons. The SMILES string of the molecule is [2H]C1([2H])N([N+](=O)[O-])C([2H])([2H])N([N+](=O)[O-])C([2H])([2H])N1[N+](=O)[O-].[2H]C1([2H])N([N+](=O)[O-])C([2H])([2H])N([N+](=O)[O-])C([2H])([2H])N1[N+](=O)[O-]. The van der Waals surface area contributed by atoms with Crippen molar-refractivity contribution in [3.05, 3.63) is 60.7 Å². The van der Waals surface area contributed by atoms with Gasteiger partial charge in [0.05, 0.1) is 16.4 Å². The van der Waals surface area contributed by atoms with Crippen LogP contribution in [0.3, 0.4) is 0 Å². The van der Waals surface area contributed by atoms with E-state index in [0.717, 1.165) is 0 Å². The van der Waals surface area contributed by atoms with Gasteiger partial charge in [0.15, 0.2) is 30.2 Å². The fourth-order valence-electron chi connectivity index (χ4n) is 1.11. The molecule has 2 fully saturated rings. The first kappa shape index (κ1) is 10.7. The minimum Gasteiger partial charge on any atom is -0.235 e. The number of nitro groups is 6. The van der Waals surface area contributed by atoms with Gasteiger partial charge in [-0.2, -0.15) is 0 Å². The van der Waals surface area contributed by atoms with Crippen LogP contribution in [0.5, 0.6) is 0 Å². The topological polar surface area (TPSA) is 278 Å². The number of hydrogen-bond acceptors (Lipinski definition) is 12. The van der Waals surface area contributed by atoms with Gasteiger partial charge in [-0.3, -0.25) is 0 Å². The average Bonchev–Trinajstić information content (AvgIpc) is 2.60. The molecule has 2 aliphatic heterocycles. The average molecular weight is 456 g/mol. The standard InChI is InChI=1S/2C3H6N6O6/c2*10-7(11)4-1-5(8(12)13)3-6(2-4)9(14)15/h2*1-3H2/i2*1D2,2D2,3D2. The van der Waals surface area contributed by atoms with Crippen molar-refractivity contribution in [1.82, 2.24) is 30.1 Å². The zero-order valence-electron chi connectivity index (χ0n) is 25.3. The first-order valence-corrected chi connectivity index (χ1v) is 6.07. The van der Waals surface area contributed by atoms with Gasteiger partial charge in [-0.05, 0) is 0 Å². The molecule has 24 heteroatoms. The summed E-state index contributed by atoms with van der Waals surface area (Å²) in [5.41, 5.74) is 0. The zero-order valence-corrected chi connectivity index (χ0v) is 13.3. The van der Waals surface area contributed by atoms with Gasteiger partial charge in [-0.25, -0.2) is 60.7 Å². The van der Waals surface area contributed by atoms with Crippen LogP contribution in [-0.2, 0) is 0 Å². The van der Waals surface area contributed by atoms with Gasteiger partial charge in [0.25, 0.3) is 0 Å². The molecule has 168 valence electrons. The van der Waals surface area contributed by atoms with Crippen LogP contribution in [0.15, 0.2) is 0 Å². The number of rotatable bonds is 6. The summed E-state index contributed by atoms with van der Waals surface area (Å²) in [4.78, 5) is 64.6. The summed E-state index contributed by atoms with van der Waals surface area (Å²) in [5.74, 6) is 0. The summed E-state index contributed by atoms with van der Waals surface area (Å²) >= 11 is 0. The maximum atomic E-state index is 10.8. The first-order valence-electron chi connectivity index (χ1n) is 12.1. The van der Waals surface area contributed by atoms with Gasteiger partial charge in [0.2, 0.25) is 39.7 Å². The Morgan fingerprint density at radius 3 is 0.567 bits per heavy atom. The van der Waals surface area contributed by atoms with Crippen LogP contribution in [0.2, 0.25) is 0 Å². The van der Waals surface area contributed by atoms with Gasteiger partial charge < -0.3 is 0 Å². The Balaban J connectivity index is 0.000000420. The summed E-state index contributed by atoms with van der Waals surface area (Å²) in [5, 5.41) is 47.6. The van der Waals surface area contributed by atoms with Crippen molar-refractivity contribution < 1.29 is 46.6 Å². The third-order valence-electron chi connectivity index (χ3n) is 2.12. The number of hydrazine groups is 6. The smallest absolute Gasteiger partial charge is 0.212 e. The van der Waals surface area contributed by atoms with E-state index in [1.165, 1.54) is 0 Å². The molecule has 0 bridgehead atoms. The van der Waals surface area contributed by atoms with Crippen molar-refractivity contribution in [2.45, 2.75) is 0 Å². The number of hydrogen-bond donors (Lipinski definition) is 0. The fraction of sp³-hybridized carbons (Fsp3) is 1.00. The molecule has 0 aromatic rings. The van der Waals surface area contributed by atoms with Crippen molar-refractivity contribution >= 4 is 0 Å². The normalized spacial score (nSPS) is 32.4. The van der Waals surface area contributed by atoms with Gasteiger partial charge >= 0.3 is 0 Å². The molecule has 0 aliphatic carbocycles. The maximum absolute atomic E-state index is 10.8. The molecule has 0 N–H and O–H groups in total. The summed E-state index contributed by atoms with van der Waals surface area (Å²) in [6.45, 7) is -23.6. The lowest BCUT2D eigenvalue weighted by Crippen LogP contribution is -2.59. The molecular weight excluding hydrogens is 432 g/mol. The molecule has 0 unspecified atom stereocenters. The predicted octanol–water partition coefficient (Wildman–Crippen LogP) is -3.29. The lowest BCUT2D eigenvalue weighted by molar-refractivity contribution is -0.775. The highest BCUT2D eigenvalue weighted by Crippen LogP contribution is 2.08. The first-order chi connectivity index (χ1) is 18.4. The molecule has 0 saturated carbocycles. The Morgan fingerprint density at radius 1 is 0.400 bits per heavy atom. The third kappa shape index (κ3) is 6.13.